The van der Waals surface area contributed by atoms with Gasteiger partial charge in [0.2, 0.25) is 5.88 Å². The third-order valence-corrected chi connectivity index (χ3v) is 3.25. The lowest BCUT2D eigenvalue weighted by atomic mass is 10.1. The predicted octanol–water partition coefficient (Wildman–Crippen LogP) is 2.50. The molecule has 0 atom stereocenters. The highest BCUT2D eigenvalue weighted by molar-refractivity contribution is 5.51. The van der Waals surface area contributed by atoms with E-state index in [2.05, 4.69) is 16.5 Å². The summed E-state index contributed by atoms with van der Waals surface area (Å²) in [7, 11) is 5.25. The molecule has 0 aliphatic heterocycles. The second kappa shape index (κ2) is 6.43. The third kappa shape index (κ3) is 2.93. The largest absolute Gasteiger partial charge is 0.481 e. The van der Waals surface area contributed by atoms with Gasteiger partial charge in [-0.15, -0.1) is 0 Å². The van der Waals surface area contributed by atoms with Gasteiger partial charge >= 0.3 is 0 Å². The zero-order valence-electron chi connectivity index (χ0n) is 12.4. The van der Waals surface area contributed by atoms with E-state index in [0.29, 0.717) is 13.2 Å². The summed E-state index contributed by atoms with van der Waals surface area (Å²) >= 11 is 0. The first-order chi connectivity index (χ1) is 9.67. The van der Waals surface area contributed by atoms with Crippen molar-refractivity contribution in [3.63, 3.8) is 0 Å². The number of methoxy groups -OCH3 is 2. The molecule has 0 unspecified atom stereocenters. The van der Waals surface area contributed by atoms with Crippen molar-refractivity contribution in [1.29, 1.82) is 0 Å². The average molecular weight is 275 g/mol. The topological polar surface area (TPSA) is 48.3 Å². The van der Waals surface area contributed by atoms with Crippen LogP contribution in [0.3, 0.4) is 0 Å². The maximum absolute atomic E-state index is 5.40. The van der Waals surface area contributed by atoms with E-state index in [4.69, 9.17) is 9.47 Å². The molecule has 1 N–H and O–H groups in total. The zero-order chi connectivity index (χ0) is 14.5. The quantitative estimate of drug-likeness (QED) is 0.880. The van der Waals surface area contributed by atoms with Crippen LogP contribution in [0.4, 0.5) is 5.69 Å². The van der Waals surface area contributed by atoms with E-state index in [1.165, 1.54) is 0 Å². The third-order valence-electron chi connectivity index (χ3n) is 3.25. The highest BCUT2D eigenvalue weighted by Gasteiger charge is 2.13. The second-order valence-corrected chi connectivity index (χ2v) is 4.64. The van der Waals surface area contributed by atoms with E-state index < -0.39 is 0 Å². The number of aromatic nitrogens is 2. The number of benzene rings is 1. The number of hydrogen-bond donors (Lipinski definition) is 1. The lowest BCUT2D eigenvalue weighted by Gasteiger charge is -2.12. The minimum atomic E-state index is 0.590. The molecule has 5 heteroatoms. The molecule has 0 fully saturated rings. The molecule has 20 heavy (non-hydrogen) atoms. The normalized spacial score (nSPS) is 10.6. The zero-order valence-corrected chi connectivity index (χ0v) is 12.4. The van der Waals surface area contributed by atoms with E-state index in [9.17, 15) is 0 Å². The first-order valence-corrected chi connectivity index (χ1v) is 6.54. The summed E-state index contributed by atoms with van der Waals surface area (Å²) in [5.74, 6) is 0.791. The Balaban J connectivity index is 2.17. The summed E-state index contributed by atoms with van der Waals surface area (Å²) in [6, 6.07) is 8.12. The molecule has 0 bridgehead atoms. The van der Waals surface area contributed by atoms with E-state index in [1.54, 1.807) is 18.9 Å². The summed E-state index contributed by atoms with van der Waals surface area (Å²) in [6.45, 7) is 3.25. The molecular weight excluding hydrogens is 254 g/mol. The van der Waals surface area contributed by atoms with Crippen LogP contribution < -0.4 is 10.1 Å². The molecule has 0 aliphatic rings. The van der Waals surface area contributed by atoms with Gasteiger partial charge in [0.15, 0.2) is 0 Å². The van der Waals surface area contributed by atoms with Crippen molar-refractivity contribution >= 4 is 5.69 Å². The number of nitrogens with zero attached hydrogens (tertiary/aromatic N) is 2. The fourth-order valence-electron chi connectivity index (χ4n) is 2.30. The molecule has 0 radical (unpaired) electrons. The Labute approximate surface area is 119 Å². The maximum Gasteiger partial charge on any atom is 0.216 e. The first-order valence-electron chi connectivity index (χ1n) is 6.54. The summed E-state index contributed by atoms with van der Waals surface area (Å²) in [6.07, 6.45) is 0. The molecule has 0 saturated carbocycles. The van der Waals surface area contributed by atoms with Gasteiger partial charge in [0, 0.05) is 32.0 Å². The first kappa shape index (κ1) is 14.4. The molecule has 1 aromatic carbocycles. The number of hydrogen-bond acceptors (Lipinski definition) is 4. The number of rotatable bonds is 6. The molecule has 1 heterocycles. The van der Waals surface area contributed by atoms with E-state index in [0.717, 1.165) is 28.4 Å². The molecule has 0 aliphatic carbocycles. The standard InChI is InChI=1S/C15H21N3O2/c1-11-13(15(20-4)18(2)17-11)9-16-14-8-6-5-7-12(14)10-19-3/h5-8,16H,9-10H2,1-4H3. The lowest BCUT2D eigenvalue weighted by molar-refractivity contribution is 0.185. The molecule has 0 amide bonds. The lowest BCUT2D eigenvalue weighted by Crippen LogP contribution is -2.05. The van der Waals surface area contributed by atoms with Gasteiger partial charge in [-0.25, -0.2) is 4.68 Å². The van der Waals surface area contributed by atoms with Crippen LogP contribution in [0.25, 0.3) is 0 Å². The van der Waals surface area contributed by atoms with Crippen molar-refractivity contribution in [2.75, 3.05) is 19.5 Å². The Morgan fingerprint density at radius 1 is 1.25 bits per heavy atom. The Morgan fingerprint density at radius 2 is 2.00 bits per heavy atom. The SMILES string of the molecule is COCc1ccccc1NCc1c(C)nn(C)c1OC. The van der Waals surface area contributed by atoms with Crippen LogP contribution in [0, 0.1) is 6.92 Å². The van der Waals surface area contributed by atoms with E-state index in [1.807, 2.05) is 32.2 Å². The van der Waals surface area contributed by atoms with Crippen LogP contribution in [-0.4, -0.2) is 24.0 Å². The Hall–Kier alpha value is -2.01. The van der Waals surface area contributed by atoms with Crippen LogP contribution in [-0.2, 0) is 24.9 Å². The van der Waals surface area contributed by atoms with Crippen LogP contribution in [0.2, 0.25) is 0 Å². The minimum absolute atomic E-state index is 0.590. The van der Waals surface area contributed by atoms with Crippen LogP contribution in [0.1, 0.15) is 16.8 Å². The summed E-state index contributed by atoms with van der Waals surface area (Å²) in [5.41, 5.74) is 4.25. The van der Waals surface area contributed by atoms with Crippen molar-refractivity contribution in [3.05, 3.63) is 41.1 Å². The fraction of sp³-hybridized carbons (Fsp3) is 0.400. The van der Waals surface area contributed by atoms with E-state index in [-0.39, 0.29) is 0 Å². The Bertz CT molecular complexity index is 578. The smallest absolute Gasteiger partial charge is 0.216 e. The Morgan fingerprint density at radius 3 is 2.70 bits per heavy atom. The molecular formula is C15H21N3O2. The van der Waals surface area contributed by atoms with Crippen molar-refractivity contribution in [1.82, 2.24) is 9.78 Å². The highest BCUT2D eigenvalue weighted by Crippen LogP contribution is 2.23. The van der Waals surface area contributed by atoms with Crippen molar-refractivity contribution in [3.8, 4) is 5.88 Å². The van der Waals surface area contributed by atoms with E-state index >= 15 is 0 Å². The van der Waals surface area contributed by atoms with Crippen molar-refractivity contribution in [2.45, 2.75) is 20.1 Å². The molecule has 2 aromatic rings. The van der Waals surface area contributed by atoms with Gasteiger partial charge in [-0.3, -0.25) is 0 Å². The van der Waals surface area contributed by atoms with Gasteiger partial charge in [0.1, 0.15) is 0 Å². The van der Waals surface area contributed by atoms with Gasteiger partial charge in [-0.05, 0) is 13.0 Å². The summed E-state index contributed by atoms with van der Waals surface area (Å²) < 4.78 is 12.4. The average Bonchev–Trinajstić information content (AvgIpc) is 2.71. The highest BCUT2D eigenvalue weighted by atomic mass is 16.5. The Kier molecular flexibility index (Phi) is 4.63. The van der Waals surface area contributed by atoms with Crippen LogP contribution in [0.5, 0.6) is 5.88 Å². The fourth-order valence-corrected chi connectivity index (χ4v) is 2.30. The molecule has 5 nitrogen and oxygen atoms in total. The van der Waals surface area contributed by atoms with Crippen LogP contribution in [0.15, 0.2) is 24.3 Å². The molecule has 0 saturated heterocycles. The van der Waals surface area contributed by atoms with Gasteiger partial charge in [0.25, 0.3) is 0 Å². The van der Waals surface area contributed by atoms with Gasteiger partial charge in [-0.1, -0.05) is 18.2 Å². The van der Waals surface area contributed by atoms with Crippen molar-refractivity contribution in [2.24, 2.45) is 7.05 Å². The van der Waals surface area contributed by atoms with Crippen LogP contribution >= 0.6 is 0 Å². The molecule has 2 rings (SSSR count). The van der Waals surface area contributed by atoms with Gasteiger partial charge in [-0.2, -0.15) is 5.10 Å². The van der Waals surface area contributed by atoms with Gasteiger partial charge in [0.05, 0.1) is 25.0 Å². The molecule has 108 valence electrons. The summed E-state index contributed by atoms with van der Waals surface area (Å²) in [4.78, 5) is 0. The molecule has 0 spiro atoms. The minimum Gasteiger partial charge on any atom is -0.481 e. The number of para-hydroxylation sites is 1. The number of ether oxygens (including phenoxy) is 2. The predicted molar refractivity (Wildman–Crippen MR) is 79.0 cm³/mol. The number of aryl methyl sites for hydroxylation is 2. The number of anilines is 1. The summed E-state index contributed by atoms with van der Waals surface area (Å²) in [5, 5.41) is 7.81. The van der Waals surface area contributed by atoms with Crippen molar-refractivity contribution < 1.29 is 9.47 Å². The second-order valence-electron chi connectivity index (χ2n) is 4.64. The monoisotopic (exact) mass is 275 g/mol. The number of nitrogens with one attached hydrogen (secondary N) is 1. The van der Waals surface area contributed by atoms with Gasteiger partial charge < -0.3 is 14.8 Å². The molecule has 1 aromatic heterocycles. The maximum atomic E-state index is 5.40.